The second kappa shape index (κ2) is 5.23. The van der Waals surface area contributed by atoms with E-state index in [0.29, 0.717) is 13.0 Å². The molecule has 0 atom stereocenters. The van der Waals surface area contributed by atoms with Crippen molar-refractivity contribution in [2.24, 2.45) is 5.73 Å². The highest BCUT2D eigenvalue weighted by Crippen LogP contribution is 2.33. The predicted molar refractivity (Wildman–Crippen MR) is 70.7 cm³/mol. The third-order valence-corrected chi connectivity index (χ3v) is 3.08. The van der Waals surface area contributed by atoms with Gasteiger partial charge < -0.3 is 14.9 Å². The summed E-state index contributed by atoms with van der Waals surface area (Å²) in [6.45, 7) is 4.67. The van der Waals surface area contributed by atoms with Crippen LogP contribution in [0.1, 0.15) is 16.9 Å². The van der Waals surface area contributed by atoms with Crippen LogP contribution < -0.4 is 10.5 Å². The first-order valence-corrected chi connectivity index (χ1v) is 5.95. The van der Waals surface area contributed by atoms with Gasteiger partial charge in [0.15, 0.2) is 6.39 Å². The molecule has 0 spiro atoms. The van der Waals surface area contributed by atoms with Crippen molar-refractivity contribution >= 4 is 0 Å². The molecule has 2 N–H and O–H groups in total. The molecule has 0 radical (unpaired) electrons. The molecular weight excluding hydrogens is 228 g/mol. The van der Waals surface area contributed by atoms with Gasteiger partial charge in [0.1, 0.15) is 17.2 Å². The van der Waals surface area contributed by atoms with E-state index in [-0.39, 0.29) is 0 Å². The van der Waals surface area contributed by atoms with Crippen LogP contribution in [-0.2, 0) is 6.42 Å². The molecule has 4 heteroatoms. The lowest BCUT2D eigenvalue weighted by atomic mass is 10.0. The van der Waals surface area contributed by atoms with Gasteiger partial charge in [-0.3, -0.25) is 0 Å². The minimum Gasteiger partial charge on any atom is -0.496 e. The van der Waals surface area contributed by atoms with Crippen LogP contribution in [0.3, 0.4) is 0 Å². The lowest BCUT2D eigenvalue weighted by Crippen LogP contribution is -2.03. The standard InChI is InChI=1S/C14H18N2O2/c1-9-6-11(13(17-3)7-10(9)2)14-12(4-5-15)18-8-16-14/h6-8H,4-5,15H2,1-3H3. The number of ether oxygens (including phenoxy) is 1. The van der Waals surface area contributed by atoms with E-state index in [1.807, 2.05) is 6.07 Å². The molecule has 96 valence electrons. The Morgan fingerprint density at radius 1 is 1.28 bits per heavy atom. The van der Waals surface area contributed by atoms with Gasteiger partial charge in [-0.25, -0.2) is 4.98 Å². The van der Waals surface area contributed by atoms with Gasteiger partial charge in [0.2, 0.25) is 0 Å². The van der Waals surface area contributed by atoms with Crippen molar-refractivity contribution in [3.05, 3.63) is 35.4 Å². The summed E-state index contributed by atoms with van der Waals surface area (Å²) in [5.74, 6) is 1.62. The average Bonchev–Trinajstić information content (AvgIpc) is 2.80. The molecule has 1 heterocycles. The van der Waals surface area contributed by atoms with E-state index in [9.17, 15) is 0 Å². The number of aryl methyl sites for hydroxylation is 2. The molecule has 18 heavy (non-hydrogen) atoms. The summed E-state index contributed by atoms with van der Waals surface area (Å²) in [4.78, 5) is 4.28. The van der Waals surface area contributed by atoms with Crippen molar-refractivity contribution in [2.75, 3.05) is 13.7 Å². The first-order chi connectivity index (χ1) is 8.67. The van der Waals surface area contributed by atoms with Crippen LogP contribution in [0.4, 0.5) is 0 Å². The third-order valence-electron chi connectivity index (χ3n) is 3.08. The maximum absolute atomic E-state index is 5.57. The predicted octanol–water partition coefficient (Wildman–Crippen LogP) is 2.47. The summed E-state index contributed by atoms with van der Waals surface area (Å²) in [5.41, 5.74) is 9.74. The third kappa shape index (κ3) is 2.24. The lowest BCUT2D eigenvalue weighted by molar-refractivity contribution is 0.415. The van der Waals surface area contributed by atoms with Crippen molar-refractivity contribution in [3.63, 3.8) is 0 Å². The van der Waals surface area contributed by atoms with Crippen LogP contribution in [0.2, 0.25) is 0 Å². The number of rotatable bonds is 4. The van der Waals surface area contributed by atoms with Gasteiger partial charge in [0.25, 0.3) is 0 Å². The van der Waals surface area contributed by atoms with Gasteiger partial charge in [0, 0.05) is 12.0 Å². The zero-order chi connectivity index (χ0) is 13.1. The fraction of sp³-hybridized carbons (Fsp3) is 0.357. The van der Waals surface area contributed by atoms with E-state index >= 15 is 0 Å². The molecule has 2 aromatic rings. The Morgan fingerprint density at radius 3 is 2.67 bits per heavy atom. The Kier molecular flexibility index (Phi) is 3.67. The van der Waals surface area contributed by atoms with Gasteiger partial charge in [-0.1, -0.05) is 0 Å². The SMILES string of the molecule is COc1cc(C)c(C)cc1-c1ncoc1CCN. The molecular formula is C14H18N2O2. The van der Waals surface area contributed by atoms with E-state index < -0.39 is 0 Å². The molecule has 4 nitrogen and oxygen atoms in total. The van der Waals surface area contributed by atoms with E-state index in [4.69, 9.17) is 14.9 Å². The minimum atomic E-state index is 0.537. The number of benzene rings is 1. The fourth-order valence-corrected chi connectivity index (χ4v) is 1.94. The summed E-state index contributed by atoms with van der Waals surface area (Å²) in [6, 6.07) is 4.09. The van der Waals surface area contributed by atoms with Gasteiger partial charge in [-0.2, -0.15) is 0 Å². The molecule has 1 aromatic heterocycles. The number of hydrogen-bond donors (Lipinski definition) is 1. The van der Waals surface area contributed by atoms with Crippen molar-refractivity contribution in [3.8, 4) is 17.0 Å². The van der Waals surface area contributed by atoms with Crippen molar-refractivity contribution in [1.82, 2.24) is 4.98 Å². The monoisotopic (exact) mass is 246 g/mol. The molecule has 0 bridgehead atoms. The second-order valence-corrected chi connectivity index (χ2v) is 4.30. The Hall–Kier alpha value is -1.81. The van der Waals surface area contributed by atoms with Crippen molar-refractivity contribution in [1.29, 1.82) is 0 Å². The lowest BCUT2D eigenvalue weighted by Gasteiger charge is -2.11. The van der Waals surface area contributed by atoms with E-state index in [1.165, 1.54) is 17.5 Å². The van der Waals surface area contributed by atoms with Gasteiger partial charge in [0.05, 0.1) is 7.11 Å². The number of oxazole rings is 1. The van der Waals surface area contributed by atoms with Crippen LogP contribution >= 0.6 is 0 Å². The molecule has 0 amide bonds. The first kappa shape index (κ1) is 12.6. The normalized spacial score (nSPS) is 10.7. The zero-order valence-corrected chi connectivity index (χ0v) is 11.0. The molecule has 0 aliphatic carbocycles. The van der Waals surface area contributed by atoms with E-state index in [2.05, 4.69) is 24.9 Å². The Morgan fingerprint density at radius 2 is 2.00 bits per heavy atom. The molecule has 1 aromatic carbocycles. The largest absolute Gasteiger partial charge is 0.496 e. The highest BCUT2D eigenvalue weighted by Gasteiger charge is 2.15. The molecule has 0 aliphatic heterocycles. The molecule has 2 rings (SSSR count). The summed E-state index contributed by atoms with van der Waals surface area (Å²) in [5, 5.41) is 0. The fourth-order valence-electron chi connectivity index (χ4n) is 1.94. The average molecular weight is 246 g/mol. The second-order valence-electron chi connectivity index (χ2n) is 4.30. The molecule has 0 saturated heterocycles. The van der Waals surface area contributed by atoms with E-state index in [1.54, 1.807) is 7.11 Å². The van der Waals surface area contributed by atoms with Crippen LogP contribution in [0.5, 0.6) is 5.75 Å². The van der Waals surface area contributed by atoms with Gasteiger partial charge in [-0.05, 0) is 43.7 Å². The highest BCUT2D eigenvalue weighted by atomic mass is 16.5. The summed E-state index contributed by atoms with van der Waals surface area (Å²) in [6.07, 6.45) is 2.13. The Bertz CT molecular complexity index is 547. The number of nitrogens with two attached hydrogens (primary N) is 1. The van der Waals surface area contributed by atoms with Gasteiger partial charge in [-0.15, -0.1) is 0 Å². The topological polar surface area (TPSA) is 61.3 Å². The van der Waals surface area contributed by atoms with Crippen LogP contribution in [-0.4, -0.2) is 18.6 Å². The quantitative estimate of drug-likeness (QED) is 0.900. The highest BCUT2D eigenvalue weighted by molar-refractivity contribution is 5.70. The minimum absolute atomic E-state index is 0.537. The Labute approximate surface area is 107 Å². The van der Waals surface area contributed by atoms with E-state index in [0.717, 1.165) is 22.8 Å². The molecule has 0 unspecified atom stereocenters. The van der Waals surface area contributed by atoms with Crippen molar-refractivity contribution < 1.29 is 9.15 Å². The number of methoxy groups -OCH3 is 1. The zero-order valence-electron chi connectivity index (χ0n) is 11.0. The number of nitrogens with zero attached hydrogens (tertiary/aromatic N) is 1. The first-order valence-electron chi connectivity index (χ1n) is 5.95. The molecule has 0 saturated carbocycles. The summed E-state index contributed by atoms with van der Waals surface area (Å²) >= 11 is 0. The van der Waals surface area contributed by atoms with Gasteiger partial charge >= 0.3 is 0 Å². The van der Waals surface area contributed by atoms with Crippen LogP contribution in [0.25, 0.3) is 11.3 Å². The van der Waals surface area contributed by atoms with Crippen LogP contribution in [0, 0.1) is 13.8 Å². The number of aromatic nitrogens is 1. The van der Waals surface area contributed by atoms with Crippen molar-refractivity contribution in [2.45, 2.75) is 20.3 Å². The summed E-state index contributed by atoms with van der Waals surface area (Å²) < 4.78 is 10.8. The Balaban J connectivity index is 2.55. The summed E-state index contributed by atoms with van der Waals surface area (Å²) in [7, 11) is 1.66. The van der Waals surface area contributed by atoms with Crippen LogP contribution in [0.15, 0.2) is 22.9 Å². The maximum atomic E-state index is 5.57. The molecule has 0 fully saturated rings. The maximum Gasteiger partial charge on any atom is 0.181 e. The molecule has 0 aliphatic rings. The number of hydrogen-bond acceptors (Lipinski definition) is 4. The smallest absolute Gasteiger partial charge is 0.181 e.